The molecule has 1 unspecified atom stereocenters. The molecular weight excluding hydrogens is 262 g/mol. The van der Waals surface area contributed by atoms with Crippen molar-refractivity contribution in [2.45, 2.75) is 12.5 Å². The van der Waals surface area contributed by atoms with Crippen LogP contribution in [0.1, 0.15) is 17.2 Å². The standard InChI is InChI=1S/C15H16F2N2O/c1-20-15-5-3-2-4-12(15)14(19-18)9-10-8-11(16)6-7-13(10)17/h2-8,14,19H,9,18H2,1H3. The van der Waals surface area contributed by atoms with Crippen LogP contribution in [0.2, 0.25) is 0 Å². The number of halogens is 2. The molecular formula is C15H16F2N2O. The van der Waals surface area contributed by atoms with Crippen LogP contribution >= 0.6 is 0 Å². The number of nitrogens with one attached hydrogen (secondary N) is 1. The Morgan fingerprint density at radius 2 is 1.95 bits per heavy atom. The van der Waals surface area contributed by atoms with E-state index < -0.39 is 11.6 Å². The van der Waals surface area contributed by atoms with Gasteiger partial charge in [-0.05, 0) is 36.2 Å². The van der Waals surface area contributed by atoms with Gasteiger partial charge in [-0.25, -0.2) is 8.78 Å². The minimum atomic E-state index is -0.475. The number of hydrogen-bond acceptors (Lipinski definition) is 3. The van der Waals surface area contributed by atoms with Gasteiger partial charge in [0.05, 0.1) is 13.2 Å². The third-order valence-corrected chi connectivity index (χ3v) is 3.15. The Morgan fingerprint density at radius 3 is 2.65 bits per heavy atom. The van der Waals surface area contributed by atoms with E-state index in [1.165, 1.54) is 6.07 Å². The number of nitrogens with two attached hydrogens (primary N) is 1. The number of para-hydroxylation sites is 1. The van der Waals surface area contributed by atoms with Crippen molar-refractivity contribution in [1.82, 2.24) is 5.43 Å². The molecule has 20 heavy (non-hydrogen) atoms. The van der Waals surface area contributed by atoms with Crippen molar-refractivity contribution >= 4 is 0 Å². The summed E-state index contributed by atoms with van der Waals surface area (Å²) in [6.45, 7) is 0. The topological polar surface area (TPSA) is 47.3 Å². The van der Waals surface area contributed by atoms with E-state index in [0.717, 1.165) is 17.7 Å². The van der Waals surface area contributed by atoms with Crippen molar-refractivity contribution < 1.29 is 13.5 Å². The lowest BCUT2D eigenvalue weighted by atomic mass is 9.98. The Labute approximate surface area is 116 Å². The van der Waals surface area contributed by atoms with Crippen LogP contribution in [0, 0.1) is 11.6 Å². The minimum absolute atomic E-state index is 0.223. The number of rotatable bonds is 5. The SMILES string of the molecule is COc1ccccc1C(Cc1cc(F)ccc1F)NN. The lowest BCUT2D eigenvalue weighted by molar-refractivity contribution is 0.398. The van der Waals surface area contributed by atoms with Gasteiger partial charge in [0.1, 0.15) is 17.4 Å². The molecule has 0 saturated heterocycles. The molecule has 0 fully saturated rings. The first-order valence-corrected chi connectivity index (χ1v) is 6.18. The molecule has 106 valence electrons. The molecule has 3 N–H and O–H groups in total. The van der Waals surface area contributed by atoms with E-state index in [1.807, 2.05) is 18.2 Å². The van der Waals surface area contributed by atoms with Crippen molar-refractivity contribution in [3.8, 4) is 5.75 Å². The molecule has 0 radical (unpaired) electrons. The maximum Gasteiger partial charge on any atom is 0.126 e. The highest BCUT2D eigenvalue weighted by Crippen LogP contribution is 2.27. The summed E-state index contributed by atoms with van der Waals surface area (Å²) in [5, 5.41) is 0. The van der Waals surface area contributed by atoms with Gasteiger partial charge >= 0.3 is 0 Å². The molecule has 0 aliphatic carbocycles. The molecule has 0 saturated carbocycles. The summed E-state index contributed by atoms with van der Waals surface area (Å²) >= 11 is 0. The molecule has 0 aliphatic heterocycles. The highest BCUT2D eigenvalue weighted by atomic mass is 19.1. The monoisotopic (exact) mass is 278 g/mol. The van der Waals surface area contributed by atoms with Crippen LogP contribution in [0.3, 0.4) is 0 Å². The van der Waals surface area contributed by atoms with E-state index in [1.54, 1.807) is 13.2 Å². The normalized spacial score (nSPS) is 12.2. The fourth-order valence-electron chi connectivity index (χ4n) is 2.13. The zero-order valence-electron chi connectivity index (χ0n) is 11.1. The average Bonchev–Trinajstić information content (AvgIpc) is 2.48. The number of hydrogen-bond donors (Lipinski definition) is 2. The van der Waals surface area contributed by atoms with E-state index >= 15 is 0 Å². The second-order valence-corrected chi connectivity index (χ2v) is 4.40. The van der Waals surface area contributed by atoms with Crippen LogP contribution < -0.4 is 16.0 Å². The average molecular weight is 278 g/mol. The summed E-state index contributed by atoms with van der Waals surface area (Å²) in [5.41, 5.74) is 3.67. The quantitative estimate of drug-likeness (QED) is 0.653. The Balaban J connectivity index is 2.31. The first-order chi connectivity index (χ1) is 9.65. The Hall–Kier alpha value is -1.98. The molecule has 2 rings (SSSR count). The van der Waals surface area contributed by atoms with Crippen LogP contribution in [0.5, 0.6) is 5.75 Å². The molecule has 0 amide bonds. The van der Waals surface area contributed by atoms with Gasteiger partial charge in [-0.15, -0.1) is 0 Å². The smallest absolute Gasteiger partial charge is 0.126 e. The van der Waals surface area contributed by atoms with Gasteiger partial charge in [-0.3, -0.25) is 11.3 Å². The van der Waals surface area contributed by atoms with Gasteiger partial charge in [0.2, 0.25) is 0 Å². The number of ether oxygens (including phenoxy) is 1. The lowest BCUT2D eigenvalue weighted by Gasteiger charge is -2.19. The highest BCUT2D eigenvalue weighted by molar-refractivity contribution is 5.37. The van der Waals surface area contributed by atoms with Gasteiger partial charge < -0.3 is 4.74 Å². The van der Waals surface area contributed by atoms with Crippen molar-refractivity contribution in [2.24, 2.45) is 5.84 Å². The number of hydrazine groups is 1. The third-order valence-electron chi connectivity index (χ3n) is 3.15. The van der Waals surface area contributed by atoms with Crippen molar-refractivity contribution in [3.05, 3.63) is 65.2 Å². The predicted octanol–water partition coefficient (Wildman–Crippen LogP) is 2.72. The molecule has 1 atom stereocenters. The predicted molar refractivity (Wildman–Crippen MR) is 73.1 cm³/mol. The zero-order chi connectivity index (χ0) is 14.5. The maximum absolute atomic E-state index is 13.7. The molecule has 0 aliphatic rings. The zero-order valence-corrected chi connectivity index (χ0v) is 11.1. The first kappa shape index (κ1) is 14.4. The van der Waals surface area contributed by atoms with Crippen LogP contribution in [-0.4, -0.2) is 7.11 Å². The van der Waals surface area contributed by atoms with Crippen LogP contribution in [0.25, 0.3) is 0 Å². The number of methoxy groups -OCH3 is 1. The molecule has 0 bridgehead atoms. The van der Waals surface area contributed by atoms with E-state index in [4.69, 9.17) is 10.6 Å². The van der Waals surface area contributed by atoms with E-state index in [2.05, 4.69) is 5.43 Å². The fraction of sp³-hybridized carbons (Fsp3) is 0.200. The number of benzene rings is 2. The van der Waals surface area contributed by atoms with Gasteiger partial charge in [0.15, 0.2) is 0 Å². The van der Waals surface area contributed by atoms with Crippen LogP contribution in [0.4, 0.5) is 8.78 Å². The van der Waals surface area contributed by atoms with Crippen LogP contribution in [-0.2, 0) is 6.42 Å². The Kier molecular flexibility index (Phi) is 4.65. The van der Waals surface area contributed by atoms with Gasteiger partial charge in [-0.2, -0.15) is 0 Å². The van der Waals surface area contributed by atoms with Crippen LogP contribution in [0.15, 0.2) is 42.5 Å². The van der Waals surface area contributed by atoms with Crippen molar-refractivity contribution in [1.29, 1.82) is 0 Å². The molecule has 0 aromatic heterocycles. The maximum atomic E-state index is 13.7. The summed E-state index contributed by atoms with van der Waals surface area (Å²) in [6.07, 6.45) is 0.223. The second-order valence-electron chi connectivity index (χ2n) is 4.40. The highest BCUT2D eigenvalue weighted by Gasteiger charge is 2.17. The molecule has 5 heteroatoms. The fourth-order valence-corrected chi connectivity index (χ4v) is 2.13. The molecule has 0 heterocycles. The van der Waals surface area contributed by atoms with Gasteiger partial charge in [-0.1, -0.05) is 18.2 Å². The van der Waals surface area contributed by atoms with Crippen molar-refractivity contribution in [3.63, 3.8) is 0 Å². The third kappa shape index (κ3) is 3.12. The summed E-state index contributed by atoms with van der Waals surface area (Å²) in [5.74, 6) is 5.26. The molecule has 3 nitrogen and oxygen atoms in total. The largest absolute Gasteiger partial charge is 0.496 e. The van der Waals surface area contributed by atoms with E-state index in [9.17, 15) is 8.78 Å². The van der Waals surface area contributed by atoms with Crippen molar-refractivity contribution in [2.75, 3.05) is 7.11 Å². The molecule has 2 aromatic carbocycles. The molecule has 0 spiro atoms. The van der Waals surface area contributed by atoms with E-state index in [0.29, 0.717) is 5.75 Å². The second kappa shape index (κ2) is 6.45. The summed E-state index contributed by atoms with van der Waals surface area (Å²) in [4.78, 5) is 0. The van der Waals surface area contributed by atoms with E-state index in [-0.39, 0.29) is 18.0 Å². The first-order valence-electron chi connectivity index (χ1n) is 6.18. The minimum Gasteiger partial charge on any atom is -0.496 e. The van der Waals surface area contributed by atoms with Gasteiger partial charge in [0, 0.05) is 5.56 Å². The summed E-state index contributed by atoms with van der Waals surface area (Å²) in [6, 6.07) is 10.3. The molecule has 2 aromatic rings. The lowest BCUT2D eigenvalue weighted by Crippen LogP contribution is -2.30. The summed E-state index contributed by atoms with van der Waals surface area (Å²) < 4.78 is 32.2. The summed E-state index contributed by atoms with van der Waals surface area (Å²) in [7, 11) is 1.55. The van der Waals surface area contributed by atoms with Gasteiger partial charge in [0.25, 0.3) is 0 Å². The Morgan fingerprint density at radius 1 is 1.20 bits per heavy atom. The Bertz CT molecular complexity index is 590.